The molecule has 0 aliphatic rings. The van der Waals surface area contributed by atoms with Gasteiger partial charge in [0.1, 0.15) is 6.04 Å². The molecule has 0 fully saturated rings. The van der Waals surface area contributed by atoms with Gasteiger partial charge in [-0.15, -0.1) is 0 Å². The van der Waals surface area contributed by atoms with Crippen LogP contribution in [-0.2, 0) is 11.3 Å². The summed E-state index contributed by atoms with van der Waals surface area (Å²) >= 11 is 0. The Morgan fingerprint density at radius 3 is 2.63 bits per heavy atom. The maximum atomic E-state index is 12.2. The van der Waals surface area contributed by atoms with Gasteiger partial charge in [0.25, 0.3) is 0 Å². The van der Waals surface area contributed by atoms with Gasteiger partial charge < -0.3 is 19.9 Å². The number of rotatable bonds is 7. The SMILES string of the molecule is COc1ccc(CNC(C)C(=O)O)cc1OC(F)F. The third-order valence-corrected chi connectivity index (χ3v) is 2.43. The third kappa shape index (κ3) is 4.70. The Labute approximate surface area is 109 Å². The van der Waals surface area contributed by atoms with Gasteiger partial charge in [0, 0.05) is 6.54 Å². The molecule has 1 aromatic rings. The van der Waals surface area contributed by atoms with E-state index in [9.17, 15) is 13.6 Å². The Balaban J connectivity index is 2.77. The summed E-state index contributed by atoms with van der Waals surface area (Å²) < 4.78 is 33.7. The van der Waals surface area contributed by atoms with Crippen molar-refractivity contribution in [2.45, 2.75) is 26.1 Å². The maximum Gasteiger partial charge on any atom is 0.387 e. The summed E-state index contributed by atoms with van der Waals surface area (Å²) in [5.74, 6) is -0.882. The molecule has 0 bridgehead atoms. The highest BCUT2D eigenvalue weighted by atomic mass is 19.3. The molecule has 0 aliphatic heterocycles. The lowest BCUT2D eigenvalue weighted by Crippen LogP contribution is -2.33. The molecule has 7 heteroatoms. The van der Waals surface area contributed by atoms with Crippen LogP contribution in [0.25, 0.3) is 0 Å². The fourth-order valence-corrected chi connectivity index (χ4v) is 1.38. The van der Waals surface area contributed by atoms with E-state index in [0.717, 1.165) is 0 Å². The molecule has 0 aromatic heterocycles. The Bertz CT molecular complexity index is 440. The largest absolute Gasteiger partial charge is 0.493 e. The van der Waals surface area contributed by atoms with Gasteiger partial charge in [0.2, 0.25) is 0 Å². The molecule has 0 radical (unpaired) electrons. The number of methoxy groups -OCH3 is 1. The van der Waals surface area contributed by atoms with Crippen molar-refractivity contribution in [3.8, 4) is 11.5 Å². The zero-order valence-electron chi connectivity index (χ0n) is 10.5. The zero-order chi connectivity index (χ0) is 14.4. The van der Waals surface area contributed by atoms with Gasteiger partial charge in [-0.2, -0.15) is 8.78 Å². The van der Waals surface area contributed by atoms with E-state index in [2.05, 4.69) is 10.1 Å². The van der Waals surface area contributed by atoms with Crippen LogP contribution in [0.4, 0.5) is 8.78 Å². The monoisotopic (exact) mass is 275 g/mol. The minimum atomic E-state index is -2.95. The van der Waals surface area contributed by atoms with Crippen LogP contribution in [0.5, 0.6) is 11.5 Å². The molecule has 1 unspecified atom stereocenters. The lowest BCUT2D eigenvalue weighted by molar-refractivity contribution is -0.139. The van der Waals surface area contributed by atoms with Crippen LogP contribution < -0.4 is 14.8 Å². The number of nitrogens with one attached hydrogen (secondary N) is 1. The van der Waals surface area contributed by atoms with E-state index in [1.165, 1.54) is 26.2 Å². The first-order valence-electron chi connectivity index (χ1n) is 5.52. The van der Waals surface area contributed by atoms with Gasteiger partial charge in [0.15, 0.2) is 11.5 Å². The van der Waals surface area contributed by atoms with Crippen molar-refractivity contribution < 1.29 is 28.2 Å². The summed E-state index contributed by atoms with van der Waals surface area (Å²) in [4.78, 5) is 10.6. The lowest BCUT2D eigenvalue weighted by Gasteiger charge is -2.13. The fourth-order valence-electron chi connectivity index (χ4n) is 1.38. The molecule has 0 aliphatic carbocycles. The lowest BCUT2D eigenvalue weighted by atomic mass is 10.2. The van der Waals surface area contributed by atoms with Crippen molar-refractivity contribution in [3.63, 3.8) is 0 Å². The van der Waals surface area contributed by atoms with Crippen LogP contribution in [0.2, 0.25) is 0 Å². The van der Waals surface area contributed by atoms with Crippen LogP contribution in [0.3, 0.4) is 0 Å². The van der Waals surface area contributed by atoms with Crippen molar-refractivity contribution in [1.29, 1.82) is 0 Å². The summed E-state index contributed by atoms with van der Waals surface area (Å²) in [5, 5.41) is 11.4. The second-order valence-corrected chi connectivity index (χ2v) is 3.80. The minimum absolute atomic E-state index is 0.0835. The highest BCUT2D eigenvalue weighted by Crippen LogP contribution is 2.29. The molecule has 19 heavy (non-hydrogen) atoms. The predicted molar refractivity (Wildman–Crippen MR) is 63.6 cm³/mol. The first kappa shape index (κ1) is 15.2. The van der Waals surface area contributed by atoms with Gasteiger partial charge in [-0.05, 0) is 24.6 Å². The van der Waals surface area contributed by atoms with Crippen molar-refractivity contribution in [2.75, 3.05) is 7.11 Å². The summed E-state index contributed by atoms with van der Waals surface area (Å²) in [5.41, 5.74) is 0.615. The second kappa shape index (κ2) is 6.89. The zero-order valence-corrected chi connectivity index (χ0v) is 10.5. The molecule has 0 heterocycles. The van der Waals surface area contributed by atoms with E-state index in [1.807, 2.05) is 0 Å². The van der Waals surface area contributed by atoms with Gasteiger partial charge in [-0.25, -0.2) is 0 Å². The molecule has 0 saturated heterocycles. The number of ether oxygens (including phenoxy) is 2. The Morgan fingerprint density at radius 2 is 2.11 bits per heavy atom. The molecule has 2 N–H and O–H groups in total. The number of benzene rings is 1. The van der Waals surface area contributed by atoms with E-state index in [4.69, 9.17) is 9.84 Å². The van der Waals surface area contributed by atoms with Crippen molar-refractivity contribution in [1.82, 2.24) is 5.32 Å². The molecular formula is C12H15F2NO4. The molecule has 1 rings (SSSR count). The molecule has 0 amide bonds. The van der Waals surface area contributed by atoms with Gasteiger partial charge in [-0.1, -0.05) is 6.07 Å². The van der Waals surface area contributed by atoms with Crippen LogP contribution in [0, 0.1) is 0 Å². The average molecular weight is 275 g/mol. The average Bonchev–Trinajstić information content (AvgIpc) is 2.35. The predicted octanol–water partition coefficient (Wildman–Crippen LogP) is 1.86. The summed E-state index contributed by atoms with van der Waals surface area (Å²) in [7, 11) is 1.35. The normalized spacial score (nSPS) is 12.3. The highest BCUT2D eigenvalue weighted by Gasteiger charge is 2.13. The van der Waals surface area contributed by atoms with E-state index in [-0.39, 0.29) is 18.0 Å². The van der Waals surface area contributed by atoms with E-state index in [1.54, 1.807) is 6.07 Å². The van der Waals surface area contributed by atoms with E-state index < -0.39 is 18.6 Å². The van der Waals surface area contributed by atoms with Crippen molar-refractivity contribution >= 4 is 5.97 Å². The Hall–Kier alpha value is -1.89. The molecule has 1 aromatic carbocycles. The quantitative estimate of drug-likeness (QED) is 0.795. The summed E-state index contributed by atoms with van der Waals surface area (Å²) in [6.07, 6.45) is 0. The Morgan fingerprint density at radius 1 is 1.42 bits per heavy atom. The van der Waals surface area contributed by atoms with Crippen molar-refractivity contribution in [3.05, 3.63) is 23.8 Å². The molecule has 0 saturated carbocycles. The number of alkyl halides is 2. The Kier molecular flexibility index (Phi) is 5.50. The number of hydrogen-bond acceptors (Lipinski definition) is 4. The number of carbonyl (C=O) groups is 1. The van der Waals surface area contributed by atoms with Crippen LogP contribution in [-0.4, -0.2) is 30.8 Å². The molecule has 0 spiro atoms. The number of carboxylic acid groups (broad SMARTS) is 1. The number of aliphatic carboxylic acids is 1. The second-order valence-electron chi connectivity index (χ2n) is 3.80. The third-order valence-electron chi connectivity index (χ3n) is 2.43. The molecule has 106 valence electrons. The topological polar surface area (TPSA) is 67.8 Å². The van der Waals surface area contributed by atoms with Crippen LogP contribution in [0.1, 0.15) is 12.5 Å². The van der Waals surface area contributed by atoms with Crippen LogP contribution >= 0.6 is 0 Å². The number of hydrogen-bond donors (Lipinski definition) is 2. The van der Waals surface area contributed by atoms with E-state index in [0.29, 0.717) is 5.56 Å². The van der Waals surface area contributed by atoms with Crippen LogP contribution in [0.15, 0.2) is 18.2 Å². The van der Waals surface area contributed by atoms with Gasteiger partial charge in [-0.3, -0.25) is 4.79 Å². The summed E-state index contributed by atoms with van der Waals surface area (Å²) in [6, 6.07) is 3.77. The molecule has 5 nitrogen and oxygen atoms in total. The smallest absolute Gasteiger partial charge is 0.387 e. The maximum absolute atomic E-state index is 12.2. The standard InChI is InChI=1S/C12H15F2NO4/c1-7(11(16)17)15-6-8-3-4-9(18-2)10(5-8)19-12(13)14/h3-5,7,12,15H,6H2,1-2H3,(H,16,17). The summed E-state index contributed by atoms with van der Waals surface area (Å²) in [6.45, 7) is -1.24. The van der Waals surface area contributed by atoms with E-state index >= 15 is 0 Å². The van der Waals surface area contributed by atoms with Gasteiger partial charge >= 0.3 is 12.6 Å². The van der Waals surface area contributed by atoms with Gasteiger partial charge in [0.05, 0.1) is 7.11 Å². The number of halogens is 2. The number of carboxylic acids is 1. The van der Waals surface area contributed by atoms with Crippen molar-refractivity contribution in [2.24, 2.45) is 0 Å². The molecular weight excluding hydrogens is 260 g/mol. The fraction of sp³-hybridized carbons (Fsp3) is 0.417. The first-order valence-corrected chi connectivity index (χ1v) is 5.52. The molecule has 1 atom stereocenters. The highest BCUT2D eigenvalue weighted by molar-refractivity contribution is 5.72. The minimum Gasteiger partial charge on any atom is -0.493 e. The first-order chi connectivity index (χ1) is 8.93.